The Hall–Kier alpha value is -1.50. The van der Waals surface area contributed by atoms with Gasteiger partial charge in [0.25, 0.3) is 0 Å². The number of benzene rings is 1. The summed E-state index contributed by atoms with van der Waals surface area (Å²) in [5.41, 5.74) is -0.327. The average Bonchev–Trinajstić information content (AvgIpc) is 2.58. The molecule has 3 nitrogen and oxygen atoms in total. The van der Waals surface area contributed by atoms with Crippen LogP contribution in [0.4, 0.5) is 13.2 Å². The van der Waals surface area contributed by atoms with E-state index in [1.165, 1.54) is 7.05 Å². The fourth-order valence-corrected chi connectivity index (χ4v) is 2.70. The molecule has 2 rings (SSSR count). The van der Waals surface area contributed by atoms with Crippen molar-refractivity contribution in [1.29, 1.82) is 0 Å². The van der Waals surface area contributed by atoms with Crippen molar-refractivity contribution in [2.45, 2.75) is 19.0 Å². The van der Waals surface area contributed by atoms with Gasteiger partial charge in [-0.15, -0.1) is 0 Å². The highest BCUT2D eigenvalue weighted by Crippen LogP contribution is 2.38. The summed E-state index contributed by atoms with van der Waals surface area (Å²) in [5.74, 6) is -1.12. The van der Waals surface area contributed by atoms with E-state index in [9.17, 15) is 18.0 Å². The highest BCUT2D eigenvalue weighted by Gasteiger charge is 2.38. The van der Waals surface area contributed by atoms with Gasteiger partial charge in [0.15, 0.2) is 0 Å². The Bertz CT molecular complexity index is 676. The summed E-state index contributed by atoms with van der Waals surface area (Å²) >= 11 is 3.22. The number of carbonyl (C=O) groups is 1. The minimum Gasteiger partial charge on any atom is -0.481 e. The average molecular weight is 350 g/mol. The van der Waals surface area contributed by atoms with E-state index in [0.717, 1.165) is 4.57 Å². The predicted octanol–water partition coefficient (Wildman–Crippen LogP) is 3.98. The lowest BCUT2D eigenvalue weighted by atomic mass is 10.1. The van der Waals surface area contributed by atoms with Crippen molar-refractivity contribution in [1.82, 2.24) is 4.57 Å². The molecule has 0 saturated heterocycles. The molecule has 0 atom stereocenters. The highest BCUT2D eigenvalue weighted by molar-refractivity contribution is 9.10. The third-order valence-electron chi connectivity index (χ3n) is 3.12. The van der Waals surface area contributed by atoms with Crippen molar-refractivity contribution in [3.05, 3.63) is 33.9 Å². The maximum Gasteiger partial charge on any atom is 0.431 e. The summed E-state index contributed by atoms with van der Waals surface area (Å²) < 4.78 is 41.3. The number of alkyl halides is 3. The Morgan fingerprint density at radius 2 is 2.05 bits per heavy atom. The number of hydrogen-bond acceptors (Lipinski definition) is 1. The second kappa shape index (κ2) is 5.12. The minimum atomic E-state index is -4.52. The summed E-state index contributed by atoms with van der Waals surface area (Å²) in [4.78, 5) is 10.6. The van der Waals surface area contributed by atoms with Crippen LogP contribution in [-0.2, 0) is 24.4 Å². The fraction of sp³-hybridized carbons (Fsp3) is 0.308. The number of fused-ring (bicyclic) bond motifs is 1. The molecule has 20 heavy (non-hydrogen) atoms. The highest BCUT2D eigenvalue weighted by atomic mass is 79.9. The van der Waals surface area contributed by atoms with Gasteiger partial charge in [-0.25, -0.2) is 0 Å². The number of hydrogen-bond donors (Lipinski definition) is 1. The number of nitrogens with zero attached hydrogens (tertiary/aromatic N) is 1. The number of carboxylic acids is 1. The first kappa shape index (κ1) is 14.9. The molecule has 0 bridgehead atoms. The van der Waals surface area contributed by atoms with E-state index >= 15 is 0 Å². The maximum atomic E-state index is 13.2. The zero-order chi connectivity index (χ0) is 15.1. The molecule has 0 amide bonds. The van der Waals surface area contributed by atoms with Crippen LogP contribution in [0.25, 0.3) is 10.9 Å². The second-order valence-electron chi connectivity index (χ2n) is 4.44. The van der Waals surface area contributed by atoms with Crippen molar-refractivity contribution in [3.8, 4) is 0 Å². The number of aryl methyl sites for hydroxylation is 2. The van der Waals surface area contributed by atoms with E-state index < -0.39 is 17.8 Å². The molecule has 2 aromatic rings. The number of halogens is 4. The molecular formula is C13H11BrF3NO2. The van der Waals surface area contributed by atoms with Gasteiger partial charge in [0.2, 0.25) is 0 Å². The quantitative estimate of drug-likeness (QED) is 0.910. The topological polar surface area (TPSA) is 42.2 Å². The van der Waals surface area contributed by atoms with Crippen molar-refractivity contribution in [2.75, 3.05) is 0 Å². The summed E-state index contributed by atoms with van der Waals surface area (Å²) in [7, 11) is 1.34. The number of aliphatic carboxylic acids is 1. The summed E-state index contributed by atoms with van der Waals surface area (Å²) in [6.45, 7) is 0. The molecular weight excluding hydrogens is 339 g/mol. The van der Waals surface area contributed by atoms with Crippen LogP contribution in [0, 0.1) is 0 Å². The second-order valence-corrected chi connectivity index (χ2v) is 5.35. The molecule has 0 unspecified atom stereocenters. The molecule has 1 heterocycles. The van der Waals surface area contributed by atoms with Gasteiger partial charge in [-0.1, -0.05) is 15.9 Å². The SMILES string of the molecule is Cn1c(C(F)(F)F)c(CCC(=O)O)c2cc(Br)ccc21. The Balaban J connectivity index is 2.71. The Labute approximate surface area is 121 Å². The van der Waals surface area contributed by atoms with Crippen molar-refractivity contribution >= 4 is 32.8 Å². The van der Waals surface area contributed by atoms with Crippen LogP contribution < -0.4 is 0 Å². The Morgan fingerprint density at radius 1 is 1.40 bits per heavy atom. The van der Waals surface area contributed by atoms with Crippen LogP contribution in [0.1, 0.15) is 17.7 Å². The van der Waals surface area contributed by atoms with Crippen molar-refractivity contribution in [3.63, 3.8) is 0 Å². The van der Waals surface area contributed by atoms with Crippen LogP contribution in [0.5, 0.6) is 0 Å². The lowest BCUT2D eigenvalue weighted by Crippen LogP contribution is -2.14. The number of carboxylic acid groups (broad SMARTS) is 1. The zero-order valence-electron chi connectivity index (χ0n) is 10.5. The molecule has 0 aliphatic carbocycles. The van der Waals surface area contributed by atoms with Crippen LogP contribution in [0.3, 0.4) is 0 Å². The molecule has 0 fully saturated rings. The standard InChI is InChI=1S/C13H11BrF3NO2/c1-18-10-4-2-7(14)6-9(10)8(3-5-11(19)20)12(18)13(15,16)17/h2,4,6H,3,5H2,1H3,(H,19,20). The fourth-order valence-electron chi connectivity index (χ4n) is 2.34. The van der Waals surface area contributed by atoms with Crippen LogP contribution in [0.15, 0.2) is 22.7 Å². The third-order valence-corrected chi connectivity index (χ3v) is 3.62. The Kier molecular flexibility index (Phi) is 3.82. The molecule has 1 aromatic carbocycles. The summed E-state index contributed by atoms with van der Waals surface area (Å²) in [6, 6.07) is 4.82. The Morgan fingerprint density at radius 3 is 2.60 bits per heavy atom. The van der Waals surface area contributed by atoms with Gasteiger partial charge in [0, 0.05) is 28.8 Å². The molecule has 108 valence electrons. The number of aromatic nitrogens is 1. The summed E-state index contributed by atoms with van der Waals surface area (Å²) in [5, 5.41) is 9.13. The van der Waals surface area contributed by atoms with E-state index in [4.69, 9.17) is 5.11 Å². The van der Waals surface area contributed by atoms with Crippen LogP contribution in [0.2, 0.25) is 0 Å². The van der Waals surface area contributed by atoms with E-state index in [-0.39, 0.29) is 18.4 Å². The van der Waals surface area contributed by atoms with Gasteiger partial charge in [-0.05, 0) is 30.2 Å². The van der Waals surface area contributed by atoms with Gasteiger partial charge in [0.1, 0.15) is 5.69 Å². The van der Waals surface area contributed by atoms with Crippen molar-refractivity contribution < 1.29 is 23.1 Å². The first-order valence-corrected chi connectivity index (χ1v) is 6.57. The molecule has 0 saturated carbocycles. The van der Waals surface area contributed by atoms with Gasteiger partial charge >= 0.3 is 12.1 Å². The molecule has 1 N–H and O–H groups in total. The lowest BCUT2D eigenvalue weighted by molar-refractivity contribution is -0.144. The molecule has 0 aliphatic rings. The number of rotatable bonds is 3. The smallest absolute Gasteiger partial charge is 0.431 e. The minimum absolute atomic E-state index is 0.0266. The molecule has 1 aromatic heterocycles. The van der Waals surface area contributed by atoms with Gasteiger partial charge in [0.05, 0.1) is 0 Å². The van der Waals surface area contributed by atoms with Crippen LogP contribution >= 0.6 is 15.9 Å². The predicted molar refractivity (Wildman–Crippen MR) is 71.6 cm³/mol. The molecule has 0 aliphatic heterocycles. The molecule has 0 spiro atoms. The maximum absolute atomic E-state index is 13.2. The van der Waals surface area contributed by atoms with Crippen LogP contribution in [-0.4, -0.2) is 15.6 Å². The van der Waals surface area contributed by atoms with Gasteiger partial charge < -0.3 is 9.67 Å². The van der Waals surface area contributed by atoms with E-state index in [1.807, 2.05) is 0 Å². The normalized spacial score (nSPS) is 12.1. The largest absolute Gasteiger partial charge is 0.481 e. The van der Waals surface area contributed by atoms with Crippen molar-refractivity contribution in [2.24, 2.45) is 7.05 Å². The van der Waals surface area contributed by atoms with E-state index in [1.54, 1.807) is 18.2 Å². The van der Waals surface area contributed by atoms with Gasteiger partial charge in [-0.3, -0.25) is 4.79 Å². The zero-order valence-corrected chi connectivity index (χ0v) is 12.0. The van der Waals surface area contributed by atoms with Gasteiger partial charge in [-0.2, -0.15) is 13.2 Å². The summed E-state index contributed by atoms with van der Waals surface area (Å²) in [6.07, 6.45) is -5.01. The first-order chi connectivity index (χ1) is 9.21. The van der Waals surface area contributed by atoms with E-state index in [0.29, 0.717) is 15.4 Å². The van der Waals surface area contributed by atoms with E-state index in [2.05, 4.69) is 15.9 Å². The molecule has 0 radical (unpaired) electrons. The third kappa shape index (κ3) is 2.67. The molecule has 7 heteroatoms. The lowest BCUT2D eigenvalue weighted by Gasteiger charge is -2.11. The monoisotopic (exact) mass is 349 g/mol. The first-order valence-electron chi connectivity index (χ1n) is 5.77.